The van der Waals surface area contributed by atoms with E-state index in [0.29, 0.717) is 13.1 Å². The van der Waals surface area contributed by atoms with Crippen LogP contribution in [0.15, 0.2) is 36.4 Å². The maximum atomic E-state index is 12.1. The highest BCUT2D eigenvalue weighted by atomic mass is 16.5. The standard InChI is InChI=1S/C17H22N2O4/c1-3-6-17(21)23-13-16(20)19-11-9-18(10-12-19)14-7-4-5-8-15(14)22-2/h3-8H,9-13H2,1-2H3/b6-3+. The molecule has 1 amide bonds. The highest BCUT2D eigenvalue weighted by molar-refractivity contribution is 5.85. The summed E-state index contributed by atoms with van der Waals surface area (Å²) in [6, 6.07) is 7.83. The van der Waals surface area contributed by atoms with Gasteiger partial charge in [0.15, 0.2) is 6.61 Å². The molecule has 1 aliphatic heterocycles. The lowest BCUT2D eigenvalue weighted by atomic mass is 10.2. The summed E-state index contributed by atoms with van der Waals surface area (Å²) in [5, 5.41) is 0. The first-order valence-electron chi connectivity index (χ1n) is 7.61. The van der Waals surface area contributed by atoms with E-state index >= 15 is 0 Å². The number of piperazine rings is 1. The van der Waals surface area contributed by atoms with Crippen molar-refractivity contribution >= 4 is 17.6 Å². The molecule has 0 aromatic heterocycles. The number of para-hydroxylation sites is 2. The van der Waals surface area contributed by atoms with Crippen LogP contribution in [-0.2, 0) is 14.3 Å². The van der Waals surface area contributed by atoms with Gasteiger partial charge in [0, 0.05) is 32.3 Å². The molecule has 1 fully saturated rings. The van der Waals surface area contributed by atoms with Gasteiger partial charge in [-0.15, -0.1) is 0 Å². The third-order valence-corrected chi connectivity index (χ3v) is 3.70. The molecule has 0 saturated carbocycles. The number of ether oxygens (including phenoxy) is 2. The van der Waals surface area contributed by atoms with Crippen molar-refractivity contribution < 1.29 is 19.1 Å². The van der Waals surface area contributed by atoms with E-state index in [1.807, 2.05) is 24.3 Å². The third-order valence-electron chi connectivity index (χ3n) is 3.70. The second-order valence-electron chi connectivity index (χ2n) is 5.15. The van der Waals surface area contributed by atoms with Crippen LogP contribution in [0.25, 0.3) is 0 Å². The first-order chi connectivity index (χ1) is 11.2. The third kappa shape index (κ3) is 4.48. The SMILES string of the molecule is C/C=C/C(=O)OCC(=O)N1CCN(c2ccccc2OC)CC1. The Hall–Kier alpha value is -2.50. The summed E-state index contributed by atoms with van der Waals surface area (Å²) in [6.07, 6.45) is 2.88. The van der Waals surface area contributed by atoms with Crippen LogP contribution in [0, 0.1) is 0 Å². The Balaban J connectivity index is 1.86. The Morgan fingerprint density at radius 2 is 1.87 bits per heavy atom. The average molecular weight is 318 g/mol. The van der Waals surface area contributed by atoms with Crippen molar-refractivity contribution in [1.29, 1.82) is 0 Å². The molecule has 1 aromatic rings. The zero-order chi connectivity index (χ0) is 16.7. The Kier molecular flexibility index (Phi) is 6.02. The van der Waals surface area contributed by atoms with Gasteiger partial charge in [0.2, 0.25) is 0 Å². The van der Waals surface area contributed by atoms with Crippen molar-refractivity contribution in [2.24, 2.45) is 0 Å². The van der Waals surface area contributed by atoms with Gasteiger partial charge >= 0.3 is 5.97 Å². The summed E-state index contributed by atoms with van der Waals surface area (Å²) in [5.74, 6) is 0.170. The zero-order valence-electron chi connectivity index (χ0n) is 13.5. The molecule has 0 radical (unpaired) electrons. The number of anilines is 1. The minimum atomic E-state index is -0.492. The Labute approximate surface area is 136 Å². The zero-order valence-corrected chi connectivity index (χ0v) is 13.5. The number of allylic oxidation sites excluding steroid dienone is 1. The topological polar surface area (TPSA) is 59.1 Å². The molecular weight excluding hydrogens is 296 g/mol. The van der Waals surface area contributed by atoms with Crippen LogP contribution in [0.1, 0.15) is 6.92 Å². The Morgan fingerprint density at radius 1 is 1.17 bits per heavy atom. The summed E-state index contributed by atoms with van der Waals surface area (Å²) >= 11 is 0. The summed E-state index contributed by atoms with van der Waals surface area (Å²) in [7, 11) is 1.65. The monoisotopic (exact) mass is 318 g/mol. The normalized spacial score (nSPS) is 14.9. The lowest BCUT2D eigenvalue weighted by Crippen LogP contribution is -2.50. The van der Waals surface area contributed by atoms with Crippen molar-refractivity contribution in [3.8, 4) is 5.75 Å². The van der Waals surface area contributed by atoms with Crippen LogP contribution in [0.4, 0.5) is 5.69 Å². The number of hydrogen-bond acceptors (Lipinski definition) is 5. The van der Waals surface area contributed by atoms with Gasteiger partial charge in [-0.05, 0) is 19.1 Å². The van der Waals surface area contributed by atoms with Crippen molar-refractivity contribution in [3.63, 3.8) is 0 Å². The van der Waals surface area contributed by atoms with Crippen molar-refractivity contribution in [1.82, 2.24) is 4.90 Å². The first-order valence-corrected chi connectivity index (χ1v) is 7.61. The summed E-state index contributed by atoms with van der Waals surface area (Å²) in [4.78, 5) is 27.2. The minimum Gasteiger partial charge on any atom is -0.495 e. The number of rotatable bonds is 5. The highest BCUT2D eigenvalue weighted by Gasteiger charge is 2.23. The quantitative estimate of drug-likeness (QED) is 0.608. The van der Waals surface area contributed by atoms with E-state index in [1.54, 1.807) is 25.0 Å². The smallest absolute Gasteiger partial charge is 0.330 e. The molecule has 1 aromatic carbocycles. The molecule has 0 atom stereocenters. The molecule has 2 rings (SSSR count). The molecular formula is C17H22N2O4. The van der Waals surface area contributed by atoms with Crippen LogP contribution in [0.3, 0.4) is 0 Å². The maximum Gasteiger partial charge on any atom is 0.330 e. The molecule has 0 bridgehead atoms. The highest BCUT2D eigenvalue weighted by Crippen LogP contribution is 2.28. The number of carbonyl (C=O) groups is 2. The van der Waals surface area contributed by atoms with Gasteiger partial charge in [-0.1, -0.05) is 18.2 Å². The first kappa shape index (κ1) is 16.9. The van der Waals surface area contributed by atoms with Gasteiger partial charge in [-0.25, -0.2) is 4.79 Å². The maximum absolute atomic E-state index is 12.1. The largest absolute Gasteiger partial charge is 0.495 e. The van der Waals surface area contributed by atoms with Crippen LogP contribution >= 0.6 is 0 Å². The van der Waals surface area contributed by atoms with E-state index in [4.69, 9.17) is 9.47 Å². The second kappa shape index (κ2) is 8.22. The van der Waals surface area contributed by atoms with Crippen LogP contribution < -0.4 is 9.64 Å². The fourth-order valence-electron chi connectivity index (χ4n) is 2.50. The number of benzene rings is 1. The predicted molar refractivity (Wildman–Crippen MR) is 87.6 cm³/mol. The molecule has 23 heavy (non-hydrogen) atoms. The average Bonchev–Trinajstić information content (AvgIpc) is 2.60. The van der Waals surface area contributed by atoms with Crippen molar-refractivity contribution in [3.05, 3.63) is 36.4 Å². The fraction of sp³-hybridized carbons (Fsp3) is 0.412. The number of methoxy groups -OCH3 is 1. The van der Waals surface area contributed by atoms with Gasteiger partial charge in [-0.2, -0.15) is 0 Å². The van der Waals surface area contributed by atoms with E-state index in [9.17, 15) is 9.59 Å². The molecule has 0 unspecified atom stereocenters. The summed E-state index contributed by atoms with van der Waals surface area (Å²) in [5.41, 5.74) is 1.03. The van der Waals surface area contributed by atoms with Crippen molar-refractivity contribution in [2.75, 3.05) is 44.8 Å². The fourth-order valence-corrected chi connectivity index (χ4v) is 2.50. The Morgan fingerprint density at radius 3 is 2.52 bits per heavy atom. The molecule has 1 heterocycles. The minimum absolute atomic E-state index is 0.164. The Bertz CT molecular complexity index is 578. The van der Waals surface area contributed by atoms with Gasteiger partial charge in [0.05, 0.1) is 12.8 Å². The number of amides is 1. The van der Waals surface area contributed by atoms with Crippen LogP contribution in [0.5, 0.6) is 5.75 Å². The molecule has 0 N–H and O–H groups in total. The molecule has 124 valence electrons. The number of carbonyl (C=O) groups excluding carboxylic acids is 2. The van der Waals surface area contributed by atoms with Crippen LogP contribution in [0.2, 0.25) is 0 Å². The number of nitrogens with zero attached hydrogens (tertiary/aromatic N) is 2. The van der Waals surface area contributed by atoms with Gasteiger partial charge < -0.3 is 19.3 Å². The van der Waals surface area contributed by atoms with Gasteiger partial charge in [0.25, 0.3) is 5.91 Å². The molecule has 1 aliphatic rings. The van der Waals surface area contributed by atoms with E-state index in [2.05, 4.69) is 4.90 Å². The van der Waals surface area contributed by atoms with E-state index in [1.165, 1.54) is 6.08 Å². The molecule has 6 nitrogen and oxygen atoms in total. The lowest BCUT2D eigenvalue weighted by molar-refractivity contribution is -0.148. The lowest BCUT2D eigenvalue weighted by Gasteiger charge is -2.36. The van der Waals surface area contributed by atoms with Crippen molar-refractivity contribution in [2.45, 2.75) is 6.92 Å². The van der Waals surface area contributed by atoms with E-state index in [0.717, 1.165) is 24.5 Å². The summed E-state index contributed by atoms with van der Waals surface area (Å²) < 4.78 is 10.3. The molecule has 1 saturated heterocycles. The number of esters is 1. The van der Waals surface area contributed by atoms with Crippen LogP contribution in [-0.4, -0.2) is 56.7 Å². The molecule has 6 heteroatoms. The predicted octanol–water partition coefficient (Wildman–Crippen LogP) is 1.46. The molecule has 0 spiro atoms. The van der Waals surface area contributed by atoms with E-state index < -0.39 is 5.97 Å². The summed E-state index contributed by atoms with van der Waals surface area (Å²) in [6.45, 7) is 4.14. The second-order valence-corrected chi connectivity index (χ2v) is 5.15. The van der Waals surface area contributed by atoms with Gasteiger partial charge in [0.1, 0.15) is 5.75 Å². The van der Waals surface area contributed by atoms with E-state index in [-0.39, 0.29) is 12.5 Å². The molecule has 0 aliphatic carbocycles. The number of hydrogen-bond donors (Lipinski definition) is 0. The van der Waals surface area contributed by atoms with Gasteiger partial charge in [-0.3, -0.25) is 4.79 Å².